The van der Waals surface area contributed by atoms with Crippen molar-refractivity contribution in [3.63, 3.8) is 0 Å². The summed E-state index contributed by atoms with van der Waals surface area (Å²) in [5, 5.41) is 12.9. The van der Waals surface area contributed by atoms with Crippen molar-refractivity contribution in [2.45, 2.75) is 19.1 Å². The van der Waals surface area contributed by atoms with E-state index in [1.807, 2.05) is 0 Å². The number of hydrogen-bond donors (Lipinski definition) is 2. The molecule has 1 heterocycles. The predicted octanol–water partition coefficient (Wildman–Crippen LogP) is -0.713. The van der Waals surface area contributed by atoms with Crippen molar-refractivity contribution < 1.29 is 9.84 Å². The number of aliphatic hydroxyl groups excluding tert-OH is 1. The molecule has 0 aromatic carbocycles. The third-order valence-corrected chi connectivity index (χ3v) is 2.28. The molecule has 1 fully saturated rings. The van der Waals surface area contributed by atoms with Crippen LogP contribution in [-0.2, 0) is 4.74 Å². The van der Waals surface area contributed by atoms with E-state index in [1.165, 1.54) is 0 Å². The molecule has 2 atom stereocenters. The maximum atomic E-state index is 9.50. The number of piperazine rings is 1. The Hall–Kier alpha value is -0.160. The molecular weight excluding hydrogens is 168 g/mol. The average molecular weight is 188 g/mol. The van der Waals surface area contributed by atoms with Crippen molar-refractivity contribution in [2.24, 2.45) is 0 Å². The van der Waals surface area contributed by atoms with Gasteiger partial charge in [0.25, 0.3) is 0 Å². The van der Waals surface area contributed by atoms with Crippen LogP contribution in [0.2, 0.25) is 0 Å². The van der Waals surface area contributed by atoms with Gasteiger partial charge in [0.2, 0.25) is 0 Å². The summed E-state index contributed by atoms with van der Waals surface area (Å²) in [6.07, 6.45) is -0.352. The lowest BCUT2D eigenvalue weighted by molar-refractivity contribution is 0.0317. The Labute approximate surface area is 79.9 Å². The quantitative estimate of drug-likeness (QED) is 0.611. The van der Waals surface area contributed by atoms with Gasteiger partial charge in [-0.25, -0.2) is 0 Å². The van der Waals surface area contributed by atoms with Gasteiger partial charge in [-0.3, -0.25) is 4.90 Å². The number of ether oxygens (including phenoxy) is 1. The second-order valence-electron chi connectivity index (χ2n) is 3.72. The minimum Gasteiger partial charge on any atom is -0.389 e. The molecule has 0 radical (unpaired) electrons. The SMILES string of the molecule is COCC(O)CN1CCN[C@@H](C)C1. The molecule has 4 heteroatoms. The number of rotatable bonds is 4. The second kappa shape index (κ2) is 5.54. The first-order valence-corrected chi connectivity index (χ1v) is 4.85. The number of hydrogen-bond acceptors (Lipinski definition) is 4. The fraction of sp³-hybridized carbons (Fsp3) is 1.00. The fourth-order valence-electron chi connectivity index (χ4n) is 1.72. The second-order valence-corrected chi connectivity index (χ2v) is 3.72. The van der Waals surface area contributed by atoms with Gasteiger partial charge in [-0.1, -0.05) is 0 Å². The number of methoxy groups -OCH3 is 1. The molecule has 0 aromatic heterocycles. The number of β-amino-alcohol motifs (C(OH)–C–C–N with tert-alkyl or cyclic N) is 1. The van der Waals surface area contributed by atoms with Crippen LogP contribution in [0.3, 0.4) is 0 Å². The minimum absolute atomic E-state index is 0.352. The molecule has 13 heavy (non-hydrogen) atoms. The van der Waals surface area contributed by atoms with Gasteiger partial charge in [-0.05, 0) is 6.92 Å². The van der Waals surface area contributed by atoms with E-state index < -0.39 is 0 Å². The molecule has 1 rings (SSSR count). The first-order chi connectivity index (χ1) is 6.22. The first-order valence-electron chi connectivity index (χ1n) is 4.85. The van der Waals surface area contributed by atoms with Crippen LogP contribution in [0.1, 0.15) is 6.92 Å². The molecule has 0 aliphatic carbocycles. The van der Waals surface area contributed by atoms with Gasteiger partial charge in [0.05, 0.1) is 12.7 Å². The Morgan fingerprint density at radius 3 is 3.08 bits per heavy atom. The van der Waals surface area contributed by atoms with Crippen molar-refractivity contribution in [3.05, 3.63) is 0 Å². The fourth-order valence-corrected chi connectivity index (χ4v) is 1.72. The highest BCUT2D eigenvalue weighted by atomic mass is 16.5. The van der Waals surface area contributed by atoms with E-state index in [0.29, 0.717) is 12.6 Å². The molecule has 2 N–H and O–H groups in total. The van der Waals surface area contributed by atoms with Crippen molar-refractivity contribution in [3.8, 4) is 0 Å². The Bertz CT molecular complexity index is 144. The third-order valence-electron chi connectivity index (χ3n) is 2.28. The molecule has 0 aromatic rings. The van der Waals surface area contributed by atoms with Gasteiger partial charge in [0, 0.05) is 39.3 Å². The predicted molar refractivity (Wildman–Crippen MR) is 51.8 cm³/mol. The summed E-state index contributed by atoms with van der Waals surface area (Å²) in [6, 6.07) is 0.531. The van der Waals surface area contributed by atoms with Gasteiger partial charge in [0.1, 0.15) is 0 Å². The Kier molecular flexibility index (Phi) is 4.66. The van der Waals surface area contributed by atoms with Crippen LogP contribution in [0.25, 0.3) is 0 Å². The van der Waals surface area contributed by atoms with Crippen molar-refractivity contribution in [2.75, 3.05) is 39.9 Å². The van der Waals surface area contributed by atoms with E-state index in [9.17, 15) is 5.11 Å². The lowest BCUT2D eigenvalue weighted by Gasteiger charge is -2.32. The van der Waals surface area contributed by atoms with E-state index in [0.717, 1.165) is 26.2 Å². The number of nitrogens with zero attached hydrogens (tertiary/aromatic N) is 1. The lowest BCUT2D eigenvalue weighted by Crippen LogP contribution is -2.51. The maximum absolute atomic E-state index is 9.50. The molecule has 0 spiro atoms. The largest absolute Gasteiger partial charge is 0.389 e. The average Bonchev–Trinajstić information content (AvgIpc) is 2.04. The van der Waals surface area contributed by atoms with Crippen LogP contribution >= 0.6 is 0 Å². The summed E-state index contributed by atoms with van der Waals surface area (Å²) < 4.78 is 4.88. The standard InChI is InChI=1S/C9H20N2O2/c1-8-5-11(4-3-10-8)6-9(12)7-13-2/h8-10,12H,3-7H2,1-2H3/t8-,9?/m0/s1. The molecule has 1 aliphatic heterocycles. The summed E-state index contributed by atoms with van der Waals surface area (Å²) in [7, 11) is 1.61. The van der Waals surface area contributed by atoms with Crippen molar-refractivity contribution in [1.29, 1.82) is 0 Å². The number of aliphatic hydroxyl groups is 1. The van der Waals surface area contributed by atoms with E-state index in [-0.39, 0.29) is 6.10 Å². The topological polar surface area (TPSA) is 44.7 Å². The molecule has 0 amide bonds. The highest BCUT2D eigenvalue weighted by Crippen LogP contribution is 2.00. The number of nitrogens with one attached hydrogen (secondary N) is 1. The van der Waals surface area contributed by atoms with E-state index in [2.05, 4.69) is 17.1 Å². The minimum atomic E-state index is -0.352. The molecular formula is C9H20N2O2. The maximum Gasteiger partial charge on any atom is 0.0900 e. The Balaban J connectivity index is 2.19. The van der Waals surface area contributed by atoms with Gasteiger partial charge in [-0.15, -0.1) is 0 Å². The van der Waals surface area contributed by atoms with Crippen LogP contribution in [0.4, 0.5) is 0 Å². The molecule has 0 bridgehead atoms. The summed E-state index contributed by atoms with van der Waals surface area (Å²) in [6.45, 7) is 6.36. The molecule has 1 aliphatic rings. The van der Waals surface area contributed by atoms with E-state index >= 15 is 0 Å². The third kappa shape index (κ3) is 4.04. The summed E-state index contributed by atoms with van der Waals surface area (Å²) in [4.78, 5) is 2.27. The molecule has 0 saturated carbocycles. The van der Waals surface area contributed by atoms with Gasteiger partial charge in [-0.2, -0.15) is 0 Å². The Morgan fingerprint density at radius 1 is 1.69 bits per heavy atom. The molecule has 4 nitrogen and oxygen atoms in total. The smallest absolute Gasteiger partial charge is 0.0900 e. The van der Waals surface area contributed by atoms with E-state index in [4.69, 9.17) is 4.74 Å². The van der Waals surface area contributed by atoms with Crippen molar-refractivity contribution in [1.82, 2.24) is 10.2 Å². The highest BCUT2D eigenvalue weighted by Gasteiger charge is 2.17. The lowest BCUT2D eigenvalue weighted by atomic mass is 10.2. The zero-order valence-electron chi connectivity index (χ0n) is 8.49. The van der Waals surface area contributed by atoms with Crippen LogP contribution in [0.5, 0.6) is 0 Å². The molecule has 1 saturated heterocycles. The van der Waals surface area contributed by atoms with Gasteiger partial charge in [0.15, 0.2) is 0 Å². The van der Waals surface area contributed by atoms with Crippen LogP contribution in [0, 0.1) is 0 Å². The van der Waals surface area contributed by atoms with Crippen LogP contribution in [0.15, 0.2) is 0 Å². The normalized spacial score (nSPS) is 27.5. The summed E-state index contributed by atoms with van der Waals surface area (Å²) in [5.41, 5.74) is 0. The van der Waals surface area contributed by atoms with Crippen LogP contribution in [-0.4, -0.2) is 62.0 Å². The first kappa shape index (κ1) is 10.9. The zero-order chi connectivity index (χ0) is 9.68. The highest BCUT2D eigenvalue weighted by molar-refractivity contribution is 4.76. The monoisotopic (exact) mass is 188 g/mol. The van der Waals surface area contributed by atoms with Crippen LogP contribution < -0.4 is 5.32 Å². The van der Waals surface area contributed by atoms with E-state index in [1.54, 1.807) is 7.11 Å². The molecule has 78 valence electrons. The molecule has 1 unspecified atom stereocenters. The Morgan fingerprint density at radius 2 is 2.46 bits per heavy atom. The zero-order valence-corrected chi connectivity index (χ0v) is 8.49. The van der Waals surface area contributed by atoms with Gasteiger partial charge < -0.3 is 15.2 Å². The summed E-state index contributed by atoms with van der Waals surface area (Å²) >= 11 is 0. The summed E-state index contributed by atoms with van der Waals surface area (Å²) in [5.74, 6) is 0. The van der Waals surface area contributed by atoms with Crippen molar-refractivity contribution >= 4 is 0 Å². The van der Waals surface area contributed by atoms with Gasteiger partial charge >= 0.3 is 0 Å².